The molecule has 8 nitrogen and oxygen atoms in total. The lowest BCUT2D eigenvalue weighted by atomic mass is 10.1. The molecule has 0 saturated heterocycles. The van der Waals surface area contributed by atoms with E-state index >= 15 is 0 Å². The van der Waals surface area contributed by atoms with Crippen LogP contribution in [0.5, 0.6) is 5.75 Å². The van der Waals surface area contributed by atoms with Crippen molar-refractivity contribution < 1.29 is 29.0 Å². The maximum atomic E-state index is 12.5. The lowest BCUT2D eigenvalue weighted by Crippen LogP contribution is -2.35. The Hall–Kier alpha value is -3.94. The van der Waals surface area contributed by atoms with Gasteiger partial charge in [0.15, 0.2) is 0 Å². The van der Waals surface area contributed by atoms with E-state index in [1.54, 1.807) is 54.6 Å². The van der Waals surface area contributed by atoms with Crippen LogP contribution in [-0.2, 0) is 14.4 Å². The zero-order valence-corrected chi connectivity index (χ0v) is 15.7. The minimum absolute atomic E-state index is 0.0514. The highest BCUT2D eigenvalue weighted by Gasteiger charge is 2.15. The summed E-state index contributed by atoms with van der Waals surface area (Å²) < 4.78 is 4.96. The molecule has 29 heavy (non-hydrogen) atoms. The van der Waals surface area contributed by atoms with Gasteiger partial charge in [-0.15, -0.1) is 0 Å². The Labute approximate surface area is 167 Å². The summed E-state index contributed by atoms with van der Waals surface area (Å²) in [6, 6.07) is 14.7. The van der Waals surface area contributed by atoms with Crippen molar-refractivity contribution >= 4 is 29.8 Å². The van der Waals surface area contributed by atoms with Crippen LogP contribution in [0, 0.1) is 0 Å². The monoisotopic (exact) mass is 396 g/mol. The standard InChI is InChI=1S/C21H20N2O6/c1-14(24)29-17-9-7-15(8-10-17)13-18(21(28)22-12-11-19(25)26)23-20(27)16-5-3-2-4-6-16/h2-10,13H,11-12H2,1H3,(H,22,28)(H,23,27)(H,25,26). The van der Waals surface area contributed by atoms with E-state index in [2.05, 4.69) is 10.6 Å². The topological polar surface area (TPSA) is 122 Å². The van der Waals surface area contributed by atoms with Gasteiger partial charge in [-0.3, -0.25) is 19.2 Å². The number of benzene rings is 2. The highest BCUT2D eigenvalue weighted by Crippen LogP contribution is 2.15. The Balaban J connectivity index is 2.21. The van der Waals surface area contributed by atoms with Crippen molar-refractivity contribution in [2.24, 2.45) is 0 Å². The van der Waals surface area contributed by atoms with Crippen LogP contribution >= 0.6 is 0 Å². The van der Waals surface area contributed by atoms with E-state index in [4.69, 9.17) is 9.84 Å². The van der Waals surface area contributed by atoms with Gasteiger partial charge in [-0.25, -0.2) is 0 Å². The Bertz CT molecular complexity index is 920. The molecule has 2 aromatic rings. The van der Waals surface area contributed by atoms with Crippen molar-refractivity contribution in [3.8, 4) is 5.75 Å². The second kappa shape index (κ2) is 10.4. The van der Waals surface area contributed by atoms with Crippen molar-refractivity contribution in [3.05, 3.63) is 71.4 Å². The van der Waals surface area contributed by atoms with Crippen LogP contribution in [0.15, 0.2) is 60.3 Å². The van der Waals surface area contributed by atoms with Crippen molar-refractivity contribution in [2.45, 2.75) is 13.3 Å². The number of hydrogen-bond donors (Lipinski definition) is 3. The predicted molar refractivity (Wildman–Crippen MR) is 105 cm³/mol. The molecule has 150 valence electrons. The number of hydrogen-bond acceptors (Lipinski definition) is 5. The van der Waals surface area contributed by atoms with Crippen LogP contribution in [-0.4, -0.2) is 35.4 Å². The van der Waals surface area contributed by atoms with Crippen LogP contribution in [0.3, 0.4) is 0 Å². The molecule has 0 aliphatic carbocycles. The number of amides is 2. The van der Waals surface area contributed by atoms with Gasteiger partial charge >= 0.3 is 11.9 Å². The predicted octanol–water partition coefficient (Wildman–Crippen LogP) is 1.97. The Morgan fingerprint density at radius 1 is 1.00 bits per heavy atom. The lowest BCUT2D eigenvalue weighted by molar-refractivity contribution is -0.137. The lowest BCUT2D eigenvalue weighted by Gasteiger charge is -2.11. The van der Waals surface area contributed by atoms with E-state index in [0.29, 0.717) is 16.9 Å². The zero-order chi connectivity index (χ0) is 21.2. The molecule has 0 heterocycles. The second-order valence-electron chi connectivity index (χ2n) is 5.94. The molecule has 2 aromatic carbocycles. The molecule has 0 aromatic heterocycles. The van der Waals surface area contributed by atoms with Crippen molar-refractivity contribution in [3.63, 3.8) is 0 Å². The first-order valence-corrected chi connectivity index (χ1v) is 8.71. The number of esters is 1. The van der Waals surface area contributed by atoms with Crippen molar-refractivity contribution in [2.75, 3.05) is 6.54 Å². The van der Waals surface area contributed by atoms with E-state index in [0.717, 1.165) is 0 Å². The quantitative estimate of drug-likeness (QED) is 0.356. The number of aliphatic carboxylic acids is 1. The summed E-state index contributed by atoms with van der Waals surface area (Å²) in [5.41, 5.74) is 0.879. The van der Waals surface area contributed by atoms with Crippen LogP contribution in [0.25, 0.3) is 6.08 Å². The molecule has 8 heteroatoms. The van der Waals surface area contributed by atoms with Gasteiger partial charge in [0.2, 0.25) is 0 Å². The van der Waals surface area contributed by atoms with Crippen LogP contribution < -0.4 is 15.4 Å². The highest BCUT2D eigenvalue weighted by molar-refractivity contribution is 6.05. The molecule has 0 fully saturated rings. The molecule has 0 saturated carbocycles. The zero-order valence-electron chi connectivity index (χ0n) is 15.7. The van der Waals surface area contributed by atoms with E-state index in [-0.39, 0.29) is 18.7 Å². The van der Waals surface area contributed by atoms with E-state index in [1.807, 2.05) is 0 Å². The maximum Gasteiger partial charge on any atom is 0.308 e. The van der Waals surface area contributed by atoms with Crippen molar-refractivity contribution in [1.82, 2.24) is 10.6 Å². The minimum atomic E-state index is -1.05. The first-order valence-electron chi connectivity index (χ1n) is 8.71. The number of carboxylic acid groups (broad SMARTS) is 1. The van der Waals surface area contributed by atoms with Crippen molar-refractivity contribution in [1.29, 1.82) is 0 Å². The largest absolute Gasteiger partial charge is 0.481 e. The molecule has 0 bridgehead atoms. The molecular weight excluding hydrogens is 376 g/mol. The van der Waals surface area contributed by atoms with E-state index in [1.165, 1.54) is 13.0 Å². The third kappa shape index (κ3) is 7.30. The molecule has 2 rings (SSSR count). The maximum absolute atomic E-state index is 12.5. The summed E-state index contributed by atoms with van der Waals surface area (Å²) in [6.07, 6.45) is 1.19. The summed E-state index contributed by atoms with van der Waals surface area (Å²) in [5.74, 6) is -2.27. The molecule has 3 N–H and O–H groups in total. The van der Waals surface area contributed by atoms with E-state index in [9.17, 15) is 19.2 Å². The molecule has 2 amide bonds. The van der Waals surface area contributed by atoms with Gasteiger partial charge in [0, 0.05) is 19.0 Å². The summed E-state index contributed by atoms with van der Waals surface area (Å²) in [6.45, 7) is 1.20. The molecular formula is C21H20N2O6. The summed E-state index contributed by atoms with van der Waals surface area (Å²) in [5, 5.41) is 13.7. The molecule has 0 spiro atoms. The highest BCUT2D eigenvalue weighted by atomic mass is 16.5. The fourth-order valence-electron chi connectivity index (χ4n) is 2.29. The second-order valence-corrected chi connectivity index (χ2v) is 5.94. The van der Waals surface area contributed by atoms with Gasteiger partial charge in [0.05, 0.1) is 6.42 Å². The van der Waals surface area contributed by atoms with Gasteiger partial charge in [-0.05, 0) is 35.9 Å². The fraction of sp³-hybridized carbons (Fsp3) is 0.143. The third-order valence-corrected chi connectivity index (χ3v) is 3.61. The SMILES string of the molecule is CC(=O)Oc1ccc(C=C(NC(=O)c2ccccc2)C(=O)NCCC(=O)O)cc1. The number of ether oxygens (including phenoxy) is 1. The first kappa shape index (κ1) is 21.4. The fourth-order valence-corrected chi connectivity index (χ4v) is 2.29. The minimum Gasteiger partial charge on any atom is -0.481 e. The molecule has 0 atom stereocenters. The number of nitrogens with one attached hydrogen (secondary N) is 2. The van der Waals surface area contributed by atoms with Crippen LogP contribution in [0.2, 0.25) is 0 Å². The van der Waals surface area contributed by atoms with Gasteiger partial charge in [-0.2, -0.15) is 0 Å². The average Bonchev–Trinajstić information content (AvgIpc) is 2.68. The summed E-state index contributed by atoms with van der Waals surface area (Å²) in [4.78, 5) is 46.5. The van der Waals surface area contributed by atoms with E-state index < -0.39 is 23.8 Å². The summed E-state index contributed by atoms with van der Waals surface area (Å²) >= 11 is 0. The van der Waals surface area contributed by atoms with Gasteiger partial charge in [-0.1, -0.05) is 30.3 Å². The third-order valence-electron chi connectivity index (χ3n) is 3.61. The number of carbonyl (C=O) groups excluding carboxylic acids is 3. The number of carboxylic acids is 1. The van der Waals surface area contributed by atoms with Gasteiger partial charge in [0.1, 0.15) is 11.4 Å². The average molecular weight is 396 g/mol. The molecule has 0 radical (unpaired) electrons. The number of carbonyl (C=O) groups is 4. The van der Waals surface area contributed by atoms with Gasteiger partial charge in [0.25, 0.3) is 11.8 Å². The van der Waals surface area contributed by atoms with Gasteiger partial charge < -0.3 is 20.5 Å². The normalized spacial score (nSPS) is 10.7. The Kier molecular flexibility index (Phi) is 7.67. The number of rotatable bonds is 8. The smallest absolute Gasteiger partial charge is 0.308 e. The Morgan fingerprint density at radius 3 is 2.24 bits per heavy atom. The molecule has 0 aliphatic rings. The molecule has 0 unspecified atom stereocenters. The first-order chi connectivity index (χ1) is 13.8. The summed E-state index contributed by atoms with van der Waals surface area (Å²) in [7, 11) is 0. The Morgan fingerprint density at radius 2 is 1.66 bits per heavy atom. The van der Waals surface area contributed by atoms with Crippen LogP contribution in [0.4, 0.5) is 0 Å². The van der Waals surface area contributed by atoms with Crippen LogP contribution in [0.1, 0.15) is 29.3 Å². The molecule has 0 aliphatic heterocycles.